The van der Waals surface area contributed by atoms with Crippen LogP contribution in [-0.4, -0.2) is 76.5 Å². The average Bonchev–Trinajstić information content (AvgIpc) is 3.99. The van der Waals surface area contributed by atoms with Crippen molar-refractivity contribution in [3.05, 3.63) is 24.3 Å². The standard InChI is InChI=1S/C40H59N5O7S/c1-10-24-19-38(24,34(50)44-53(51,52)25-12-13-25)21-30(47)28-20-40(37(8,9)39(40)14-11-15-39)23-45(28)33(49)26(35(2,3)4)18-29(46)31(36(5,6)7)43-32(48)27-22-41-16-17-42-27/h16-17,22,24-26,28,31H,10-15,18-21,23H2,1-9H3,(H,43,48)(H,44,50)/t24-,26-,28+,31-,38-,40-/m1/s1. The van der Waals surface area contributed by atoms with Crippen LogP contribution in [0.2, 0.25) is 0 Å². The monoisotopic (exact) mass is 753 g/mol. The van der Waals surface area contributed by atoms with E-state index in [9.17, 15) is 27.6 Å². The number of sulfonamides is 1. The minimum absolute atomic E-state index is 0.0293. The molecule has 0 aromatic carbocycles. The second-order valence-electron chi connectivity index (χ2n) is 19.6. The lowest BCUT2D eigenvalue weighted by molar-refractivity contribution is -0.147. The summed E-state index contributed by atoms with van der Waals surface area (Å²) in [4.78, 5) is 80.6. The number of rotatable bonds is 13. The summed E-state index contributed by atoms with van der Waals surface area (Å²) in [5.41, 5.74) is -2.74. The first-order chi connectivity index (χ1) is 24.5. The van der Waals surface area contributed by atoms with Crippen LogP contribution in [0.3, 0.4) is 0 Å². The Labute approximate surface area is 314 Å². The zero-order valence-corrected chi connectivity index (χ0v) is 33.8. The number of nitrogens with zero attached hydrogens (tertiary/aromatic N) is 3. The van der Waals surface area contributed by atoms with Gasteiger partial charge in [-0.25, -0.2) is 13.4 Å². The highest BCUT2D eigenvalue weighted by atomic mass is 32.2. The molecule has 0 radical (unpaired) electrons. The normalized spacial score (nSPS) is 29.6. The number of aromatic nitrogens is 2. The second-order valence-corrected chi connectivity index (χ2v) is 21.5. The number of likely N-dealkylation sites (tertiary alicyclic amines) is 1. The largest absolute Gasteiger partial charge is 0.340 e. The van der Waals surface area contributed by atoms with Crippen LogP contribution in [0, 0.1) is 44.3 Å². The Morgan fingerprint density at radius 1 is 0.962 bits per heavy atom. The zero-order chi connectivity index (χ0) is 39.2. The first-order valence-corrected chi connectivity index (χ1v) is 21.0. The molecule has 1 aromatic heterocycles. The van der Waals surface area contributed by atoms with Crippen molar-refractivity contribution in [2.24, 2.45) is 44.3 Å². The molecule has 12 nitrogen and oxygen atoms in total. The Bertz CT molecular complexity index is 1790. The van der Waals surface area contributed by atoms with Gasteiger partial charge in [0.15, 0.2) is 11.6 Å². The molecule has 53 heavy (non-hydrogen) atoms. The summed E-state index contributed by atoms with van der Waals surface area (Å²) in [6.45, 7) is 18.1. The van der Waals surface area contributed by atoms with Gasteiger partial charge in [0.05, 0.1) is 28.9 Å². The number of fused-ring (bicyclic) bond motifs is 1. The number of carbonyl (C=O) groups is 5. The molecule has 13 heteroatoms. The molecular weight excluding hydrogens is 695 g/mol. The highest BCUT2D eigenvalue weighted by Gasteiger charge is 2.85. The second kappa shape index (κ2) is 12.9. The number of ketones is 2. The Balaban J connectivity index is 1.28. The molecule has 4 saturated carbocycles. The molecule has 0 unspecified atom stereocenters. The van der Waals surface area contributed by atoms with Crippen molar-refractivity contribution < 1.29 is 32.4 Å². The minimum Gasteiger partial charge on any atom is -0.340 e. The number of hydrogen-bond acceptors (Lipinski definition) is 9. The van der Waals surface area contributed by atoms with E-state index in [1.54, 1.807) is 4.90 Å². The first-order valence-electron chi connectivity index (χ1n) is 19.5. The highest BCUT2D eigenvalue weighted by molar-refractivity contribution is 7.90. The maximum absolute atomic E-state index is 15.1. The fourth-order valence-electron chi connectivity index (χ4n) is 10.4. The molecule has 5 fully saturated rings. The van der Waals surface area contributed by atoms with E-state index < -0.39 is 61.3 Å². The van der Waals surface area contributed by atoms with Gasteiger partial charge < -0.3 is 10.2 Å². The summed E-state index contributed by atoms with van der Waals surface area (Å²) in [5, 5.41) is 2.29. The number of nitrogens with one attached hydrogen (secondary N) is 2. The Hall–Kier alpha value is -3.22. The van der Waals surface area contributed by atoms with Crippen LogP contribution in [0.5, 0.6) is 0 Å². The van der Waals surface area contributed by atoms with Crippen LogP contribution >= 0.6 is 0 Å². The Morgan fingerprint density at radius 2 is 1.62 bits per heavy atom. The lowest BCUT2D eigenvalue weighted by atomic mass is 9.73. The summed E-state index contributed by atoms with van der Waals surface area (Å²) in [6.07, 6.45) is 9.68. The van der Waals surface area contributed by atoms with Gasteiger partial charge in [0.1, 0.15) is 5.69 Å². The molecule has 4 aliphatic carbocycles. The predicted molar refractivity (Wildman–Crippen MR) is 198 cm³/mol. The molecule has 2 N–H and O–H groups in total. The van der Waals surface area contributed by atoms with Crippen LogP contribution in [0.15, 0.2) is 18.6 Å². The lowest BCUT2D eigenvalue weighted by Crippen LogP contribution is -2.52. The summed E-state index contributed by atoms with van der Waals surface area (Å²) < 4.78 is 27.9. The highest BCUT2D eigenvalue weighted by Crippen LogP contribution is 2.88. The fraction of sp³-hybridized carbons (Fsp3) is 0.775. The quantitative estimate of drug-likeness (QED) is 0.281. The first kappa shape index (κ1) is 39.5. The third kappa shape index (κ3) is 6.54. The number of amides is 3. The van der Waals surface area contributed by atoms with E-state index in [0.29, 0.717) is 38.6 Å². The summed E-state index contributed by atoms with van der Waals surface area (Å²) in [7, 11) is -3.80. The molecule has 1 aromatic rings. The van der Waals surface area contributed by atoms with E-state index in [2.05, 4.69) is 33.9 Å². The number of hydrogen-bond donors (Lipinski definition) is 2. The van der Waals surface area contributed by atoms with E-state index in [0.717, 1.165) is 19.3 Å². The molecule has 6 atom stereocenters. The zero-order valence-electron chi connectivity index (χ0n) is 33.0. The smallest absolute Gasteiger partial charge is 0.272 e. The maximum Gasteiger partial charge on any atom is 0.272 e. The third-order valence-corrected chi connectivity index (χ3v) is 16.2. The van der Waals surface area contributed by atoms with E-state index >= 15 is 4.79 Å². The molecule has 3 amide bonds. The van der Waals surface area contributed by atoms with Gasteiger partial charge in [-0.15, -0.1) is 0 Å². The third-order valence-electron chi connectivity index (χ3n) is 14.3. The minimum atomic E-state index is -3.80. The van der Waals surface area contributed by atoms with Crippen molar-refractivity contribution in [2.45, 2.75) is 144 Å². The van der Waals surface area contributed by atoms with Crippen molar-refractivity contribution in [2.75, 3.05) is 6.54 Å². The van der Waals surface area contributed by atoms with Crippen molar-refractivity contribution in [3.63, 3.8) is 0 Å². The van der Waals surface area contributed by atoms with E-state index in [1.807, 2.05) is 48.5 Å². The Morgan fingerprint density at radius 3 is 2.09 bits per heavy atom. The predicted octanol–water partition coefficient (Wildman–Crippen LogP) is 5.02. The average molecular weight is 754 g/mol. The number of Topliss-reactive ketones (excluding diaryl/α,β-unsaturated/α-hetero) is 2. The van der Waals surface area contributed by atoms with Crippen LogP contribution in [0.25, 0.3) is 0 Å². The van der Waals surface area contributed by atoms with Crippen molar-refractivity contribution in [1.29, 1.82) is 0 Å². The van der Waals surface area contributed by atoms with Crippen molar-refractivity contribution in [3.8, 4) is 0 Å². The molecule has 6 rings (SSSR count). The van der Waals surface area contributed by atoms with Crippen LogP contribution < -0.4 is 10.0 Å². The van der Waals surface area contributed by atoms with E-state index in [-0.39, 0.29) is 58.2 Å². The molecule has 2 heterocycles. The molecule has 292 valence electrons. The molecule has 5 aliphatic rings. The molecule has 0 bridgehead atoms. The van der Waals surface area contributed by atoms with Gasteiger partial charge in [0.25, 0.3) is 5.91 Å². The van der Waals surface area contributed by atoms with Crippen molar-refractivity contribution in [1.82, 2.24) is 24.9 Å². The van der Waals surface area contributed by atoms with Gasteiger partial charge >= 0.3 is 0 Å². The summed E-state index contributed by atoms with van der Waals surface area (Å²) in [5.74, 6) is -2.85. The summed E-state index contributed by atoms with van der Waals surface area (Å²) in [6, 6.07) is -1.72. The fourth-order valence-corrected chi connectivity index (χ4v) is 11.8. The number of carbonyl (C=O) groups excluding carboxylic acids is 5. The van der Waals surface area contributed by atoms with Crippen molar-refractivity contribution >= 4 is 39.3 Å². The topological polar surface area (TPSA) is 173 Å². The summed E-state index contributed by atoms with van der Waals surface area (Å²) >= 11 is 0. The molecule has 1 saturated heterocycles. The van der Waals surface area contributed by atoms with Gasteiger partial charge in [-0.2, -0.15) is 0 Å². The van der Waals surface area contributed by atoms with E-state index in [4.69, 9.17) is 0 Å². The lowest BCUT2D eigenvalue weighted by Gasteiger charge is -2.37. The molecular formula is C40H59N5O7S. The van der Waals surface area contributed by atoms with Gasteiger partial charge in [0.2, 0.25) is 21.8 Å². The van der Waals surface area contributed by atoms with Gasteiger partial charge in [0, 0.05) is 43.1 Å². The Kier molecular flexibility index (Phi) is 9.63. The van der Waals surface area contributed by atoms with Gasteiger partial charge in [-0.05, 0) is 66.1 Å². The van der Waals surface area contributed by atoms with Crippen LogP contribution in [0.1, 0.15) is 137 Å². The van der Waals surface area contributed by atoms with Crippen LogP contribution in [-0.2, 0) is 29.2 Å². The molecule has 2 spiro atoms. The van der Waals surface area contributed by atoms with E-state index in [1.165, 1.54) is 18.6 Å². The molecule has 1 aliphatic heterocycles. The maximum atomic E-state index is 15.1. The van der Waals surface area contributed by atoms with Gasteiger partial charge in [-0.3, -0.25) is 33.7 Å². The SMILES string of the molecule is CC[C@@H]1C[C@]1(CC(=O)[C@@H]1C[C@@]2(CN1C(=O)[C@@H](CC(=O)[C@@H](NC(=O)c1cnccn1)C(C)(C)C)C(C)(C)C)C(C)(C)C21CCC1)C(=O)NS(=O)(=O)C1CC1. The van der Waals surface area contributed by atoms with Gasteiger partial charge in [-0.1, -0.05) is 75.2 Å². The van der Waals surface area contributed by atoms with Crippen LogP contribution in [0.4, 0.5) is 0 Å².